The Bertz CT molecular complexity index is 1360. The number of carbonyl (C=O) groups excluding carboxylic acids is 1. The summed E-state index contributed by atoms with van der Waals surface area (Å²) in [6.45, 7) is 9.42. The van der Waals surface area contributed by atoms with Gasteiger partial charge in [-0.1, -0.05) is 0 Å². The lowest BCUT2D eigenvalue weighted by Gasteiger charge is -2.61. The van der Waals surface area contributed by atoms with E-state index in [1.54, 1.807) is 23.6 Å². The van der Waals surface area contributed by atoms with Crippen molar-refractivity contribution in [1.82, 2.24) is 29.6 Å². The fraction of sp³-hybridized carbons (Fsp3) is 0.519. The van der Waals surface area contributed by atoms with Crippen molar-refractivity contribution in [2.75, 3.05) is 4.90 Å². The molecule has 11 heteroatoms. The van der Waals surface area contributed by atoms with Crippen LogP contribution in [0.3, 0.4) is 0 Å². The first kappa shape index (κ1) is 24.6. The zero-order valence-corrected chi connectivity index (χ0v) is 22.3. The Hall–Kier alpha value is -3.76. The summed E-state index contributed by atoms with van der Waals surface area (Å²) in [6, 6.07) is 5.60. The SMILES string of the molecule is Cc1c(Oc2ccc(-n3cnnc3C)cc2F)ncnc1N1C2CC3CC1CC(C2)N3C(=O)OC(C)(C)C. The Labute approximate surface area is 220 Å². The highest BCUT2D eigenvalue weighted by molar-refractivity contribution is 5.70. The molecule has 7 rings (SSSR count). The highest BCUT2D eigenvalue weighted by Crippen LogP contribution is 2.47. The van der Waals surface area contributed by atoms with Crippen molar-refractivity contribution in [3.05, 3.63) is 48.1 Å². The fourth-order valence-corrected chi connectivity index (χ4v) is 6.27. The van der Waals surface area contributed by atoms with Gasteiger partial charge in [0, 0.05) is 30.2 Å². The van der Waals surface area contributed by atoms with Gasteiger partial charge in [0.15, 0.2) is 11.6 Å². The lowest BCUT2D eigenvalue weighted by molar-refractivity contribution is -0.0404. The molecule has 4 aliphatic heterocycles. The number of ether oxygens (including phenoxy) is 2. The highest BCUT2D eigenvalue weighted by Gasteiger charge is 2.53. The van der Waals surface area contributed by atoms with Crippen LogP contribution in [-0.4, -0.2) is 65.5 Å². The normalized spacial score (nSPS) is 24.2. The summed E-state index contributed by atoms with van der Waals surface area (Å²) in [4.78, 5) is 26.2. The minimum absolute atomic E-state index is 0.0836. The number of nitrogens with zero attached hydrogens (tertiary/aromatic N) is 7. The van der Waals surface area contributed by atoms with E-state index in [0.717, 1.165) is 37.1 Å². The van der Waals surface area contributed by atoms with Crippen molar-refractivity contribution < 1.29 is 18.7 Å². The minimum Gasteiger partial charge on any atom is -0.444 e. The minimum atomic E-state index is -0.512. The van der Waals surface area contributed by atoms with E-state index in [-0.39, 0.29) is 36.0 Å². The van der Waals surface area contributed by atoms with Gasteiger partial charge < -0.3 is 19.3 Å². The van der Waals surface area contributed by atoms with Gasteiger partial charge in [-0.15, -0.1) is 10.2 Å². The topological polar surface area (TPSA) is 98.5 Å². The van der Waals surface area contributed by atoms with Crippen molar-refractivity contribution in [3.63, 3.8) is 0 Å². The molecule has 6 heterocycles. The average molecular weight is 522 g/mol. The van der Waals surface area contributed by atoms with Crippen LogP contribution in [0.2, 0.25) is 0 Å². The number of amides is 1. The molecule has 10 nitrogen and oxygen atoms in total. The average Bonchev–Trinajstić information content (AvgIpc) is 3.26. The number of aromatic nitrogens is 5. The van der Waals surface area contributed by atoms with Gasteiger partial charge in [-0.05, 0) is 72.4 Å². The second-order valence-electron chi connectivity index (χ2n) is 11.4. The molecule has 0 radical (unpaired) electrons. The maximum atomic E-state index is 15.0. The van der Waals surface area contributed by atoms with Crippen LogP contribution < -0.4 is 9.64 Å². The van der Waals surface area contributed by atoms with Gasteiger partial charge in [-0.2, -0.15) is 0 Å². The van der Waals surface area contributed by atoms with Gasteiger partial charge in [0.2, 0.25) is 5.88 Å². The van der Waals surface area contributed by atoms with E-state index in [0.29, 0.717) is 17.4 Å². The molecule has 1 amide bonds. The fourth-order valence-electron chi connectivity index (χ4n) is 6.27. The molecular formula is C27H32FN7O3. The highest BCUT2D eigenvalue weighted by atomic mass is 19.1. The van der Waals surface area contributed by atoms with Gasteiger partial charge in [0.25, 0.3) is 0 Å². The number of anilines is 1. The third-order valence-corrected chi connectivity index (χ3v) is 7.73. The van der Waals surface area contributed by atoms with Crippen LogP contribution >= 0.6 is 0 Å². The van der Waals surface area contributed by atoms with E-state index in [9.17, 15) is 4.79 Å². The first-order valence-electron chi connectivity index (χ1n) is 13.0. The van der Waals surface area contributed by atoms with Gasteiger partial charge in [-0.25, -0.2) is 19.2 Å². The molecule has 0 spiro atoms. The molecule has 0 aliphatic carbocycles. The number of rotatable bonds is 4. The van der Waals surface area contributed by atoms with Crippen molar-refractivity contribution in [2.45, 2.75) is 90.1 Å². The summed E-state index contributed by atoms with van der Waals surface area (Å²) < 4.78 is 28.4. The van der Waals surface area contributed by atoms with Crippen molar-refractivity contribution >= 4 is 11.9 Å². The third-order valence-electron chi connectivity index (χ3n) is 7.73. The molecular weight excluding hydrogens is 489 g/mol. The van der Waals surface area contributed by atoms with E-state index < -0.39 is 11.4 Å². The van der Waals surface area contributed by atoms with Crippen LogP contribution in [0.25, 0.3) is 5.69 Å². The molecule has 0 unspecified atom stereocenters. The smallest absolute Gasteiger partial charge is 0.410 e. The maximum absolute atomic E-state index is 15.0. The zero-order valence-electron chi connectivity index (χ0n) is 22.3. The second kappa shape index (κ2) is 8.92. The molecule has 2 aromatic heterocycles. The molecule has 4 saturated heterocycles. The first-order valence-corrected chi connectivity index (χ1v) is 13.0. The molecule has 4 aliphatic rings. The monoisotopic (exact) mass is 521 g/mol. The number of hydrogen-bond donors (Lipinski definition) is 0. The van der Waals surface area contributed by atoms with E-state index in [1.165, 1.54) is 18.7 Å². The summed E-state index contributed by atoms with van der Waals surface area (Å²) in [6.07, 6.45) is 6.27. The largest absolute Gasteiger partial charge is 0.444 e. The van der Waals surface area contributed by atoms with Crippen molar-refractivity contribution in [3.8, 4) is 17.3 Å². The van der Waals surface area contributed by atoms with Crippen LogP contribution in [0.15, 0.2) is 30.9 Å². The van der Waals surface area contributed by atoms with Crippen molar-refractivity contribution in [2.24, 2.45) is 0 Å². The van der Waals surface area contributed by atoms with Crippen molar-refractivity contribution in [1.29, 1.82) is 0 Å². The van der Waals surface area contributed by atoms with Crippen LogP contribution in [0, 0.1) is 19.7 Å². The quantitative estimate of drug-likeness (QED) is 0.486. The standard InChI is InChI=1S/C27H32FN7O3/c1-15-24(34-18-8-20-10-19(34)11-21(9-18)35(20)26(36)38-27(3,4)5)29-13-30-25(15)37-23-7-6-17(12-22(23)28)33-14-31-32-16(33)2/h6-7,12-14,18-21H,8-11H2,1-5H3. The Morgan fingerprint density at radius 2 is 1.71 bits per heavy atom. The third kappa shape index (κ3) is 4.23. The lowest BCUT2D eigenvalue weighted by Crippen LogP contribution is -2.70. The first-order chi connectivity index (χ1) is 18.1. The van der Waals surface area contributed by atoms with Crippen LogP contribution in [0.5, 0.6) is 11.6 Å². The molecule has 1 aromatic carbocycles. The maximum Gasteiger partial charge on any atom is 0.410 e. The van der Waals surface area contributed by atoms with E-state index in [4.69, 9.17) is 9.47 Å². The van der Waals surface area contributed by atoms with Gasteiger partial charge in [0.05, 0.1) is 11.3 Å². The predicted molar refractivity (Wildman–Crippen MR) is 137 cm³/mol. The number of hydrogen-bond acceptors (Lipinski definition) is 8. The molecule has 0 N–H and O–H groups in total. The van der Waals surface area contributed by atoms with Gasteiger partial charge in [-0.3, -0.25) is 4.57 Å². The molecule has 3 aromatic rings. The van der Waals surface area contributed by atoms with Gasteiger partial charge in [0.1, 0.15) is 29.9 Å². The summed E-state index contributed by atoms with van der Waals surface area (Å²) in [5, 5.41) is 7.80. The molecule has 4 fully saturated rings. The lowest BCUT2D eigenvalue weighted by atomic mass is 9.73. The van der Waals surface area contributed by atoms with E-state index in [2.05, 4.69) is 25.1 Å². The molecule has 38 heavy (non-hydrogen) atoms. The number of benzene rings is 1. The zero-order chi connectivity index (χ0) is 26.8. The van der Waals surface area contributed by atoms with Crippen LogP contribution in [0.4, 0.5) is 15.0 Å². The summed E-state index contributed by atoms with van der Waals surface area (Å²) in [5.74, 6) is 1.37. The number of piperidine rings is 4. The number of halogens is 1. The Morgan fingerprint density at radius 3 is 2.29 bits per heavy atom. The van der Waals surface area contributed by atoms with E-state index in [1.807, 2.05) is 32.6 Å². The number of aryl methyl sites for hydroxylation is 1. The predicted octanol–water partition coefficient (Wildman–Crippen LogP) is 4.72. The summed E-state index contributed by atoms with van der Waals surface area (Å²) >= 11 is 0. The summed E-state index contributed by atoms with van der Waals surface area (Å²) in [5.41, 5.74) is 0.862. The molecule has 0 saturated carbocycles. The van der Waals surface area contributed by atoms with Crippen LogP contribution in [0.1, 0.15) is 57.8 Å². The molecule has 4 bridgehead atoms. The Balaban J connectivity index is 1.21. The second-order valence-corrected chi connectivity index (χ2v) is 11.4. The number of carbonyl (C=O) groups is 1. The van der Waals surface area contributed by atoms with Gasteiger partial charge >= 0.3 is 6.09 Å². The molecule has 0 atom stereocenters. The van der Waals surface area contributed by atoms with E-state index >= 15 is 4.39 Å². The summed E-state index contributed by atoms with van der Waals surface area (Å²) in [7, 11) is 0. The molecule has 200 valence electrons. The van der Waals surface area contributed by atoms with Crippen LogP contribution in [-0.2, 0) is 4.74 Å². The Kier molecular flexibility index (Phi) is 5.77. The Morgan fingerprint density at radius 1 is 1.03 bits per heavy atom.